The van der Waals surface area contributed by atoms with Gasteiger partial charge in [0, 0.05) is 11.3 Å². The van der Waals surface area contributed by atoms with E-state index in [-0.39, 0.29) is 12.5 Å². The summed E-state index contributed by atoms with van der Waals surface area (Å²) in [5, 5.41) is 2.88. The van der Waals surface area contributed by atoms with Crippen LogP contribution in [0.2, 0.25) is 0 Å². The fourth-order valence-corrected chi connectivity index (χ4v) is 2.95. The van der Waals surface area contributed by atoms with Gasteiger partial charge >= 0.3 is 0 Å². The first-order valence-electron chi connectivity index (χ1n) is 9.04. The zero-order chi connectivity index (χ0) is 19.5. The van der Waals surface area contributed by atoms with Gasteiger partial charge in [-0.15, -0.1) is 0 Å². The van der Waals surface area contributed by atoms with Crippen LogP contribution in [0.15, 0.2) is 71.1 Å². The maximum Gasteiger partial charge on any atom is 0.262 e. The van der Waals surface area contributed by atoms with Gasteiger partial charge in [0.2, 0.25) is 5.89 Å². The number of carbonyl (C=O) groups is 1. The van der Waals surface area contributed by atoms with Gasteiger partial charge in [0.25, 0.3) is 5.91 Å². The van der Waals surface area contributed by atoms with Crippen LogP contribution in [0.5, 0.6) is 5.75 Å². The molecule has 0 saturated carbocycles. The summed E-state index contributed by atoms with van der Waals surface area (Å²) in [5.74, 6) is 1.02. The van der Waals surface area contributed by atoms with Crippen LogP contribution in [-0.4, -0.2) is 17.5 Å². The summed E-state index contributed by atoms with van der Waals surface area (Å²) in [6, 6.07) is 20.9. The normalized spacial score (nSPS) is 10.8. The molecule has 0 atom stereocenters. The smallest absolute Gasteiger partial charge is 0.262 e. The molecular formula is C23H20N2O3. The fraction of sp³-hybridized carbons (Fsp3) is 0.130. The third kappa shape index (κ3) is 3.88. The summed E-state index contributed by atoms with van der Waals surface area (Å²) >= 11 is 0. The summed E-state index contributed by atoms with van der Waals surface area (Å²) in [4.78, 5) is 16.7. The Bertz CT molecular complexity index is 1130. The van der Waals surface area contributed by atoms with Crippen LogP contribution in [0.1, 0.15) is 11.1 Å². The molecule has 1 amide bonds. The third-order valence-electron chi connectivity index (χ3n) is 4.40. The molecule has 5 nitrogen and oxygen atoms in total. The van der Waals surface area contributed by atoms with E-state index < -0.39 is 0 Å². The molecule has 1 N–H and O–H groups in total. The molecule has 0 unspecified atom stereocenters. The quantitative estimate of drug-likeness (QED) is 0.527. The average molecular weight is 372 g/mol. The number of oxazole rings is 1. The minimum absolute atomic E-state index is 0.0459. The van der Waals surface area contributed by atoms with Crippen molar-refractivity contribution in [1.29, 1.82) is 0 Å². The number of carbonyl (C=O) groups excluding carboxylic acids is 1. The van der Waals surface area contributed by atoms with Crippen molar-refractivity contribution in [3.63, 3.8) is 0 Å². The number of aryl methyl sites for hydroxylation is 2. The molecule has 4 aromatic rings. The molecule has 5 heteroatoms. The van der Waals surface area contributed by atoms with Crippen LogP contribution in [0.4, 0.5) is 5.69 Å². The highest BCUT2D eigenvalue weighted by Crippen LogP contribution is 2.28. The molecule has 1 aromatic heterocycles. The summed E-state index contributed by atoms with van der Waals surface area (Å²) in [5.41, 5.74) is 5.25. The predicted molar refractivity (Wildman–Crippen MR) is 109 cm³/mol. The lowest BCUT2D eigenvalue weighted by Crippen LogP contribution is -2.20. The first kappa shape index (κ1) is 17.8. The molecule has 0 spiro atoms. The minimum atomic E-state index is -0.211. The second kappa shape index (κ2) is 7.56. The van der Waals surface area contributed by atoms with Crippen molar-refractivity contribution in [2.24, 2.45) is 0 Å². The number of nitrogens with zero attached hydrogens (tertiary/aromatic N) is 1. The van der Waals surface area contributed by atoms with Crippen molar-refractivity contribution in [1.82, 2.24) is 4.98 Å². The highest BCUT2D eigenvalue weighted by Gasteiger charge is 2.11. The number of fused-ring (bicyclic) bond motifs is 1. The molecule has 0 bridgehead atoms. The Labute approximate surface area is 163 Å². The van der Waals surface area contributed by atoms with Crippen LogP contribution >= 0.6 is 0 Å². The Morgan fingerprint density at radius 3 is 2.64 bits per heavy atom. The number of anilines is 1. The minimum Gasteiger partial charge on any atom is -0.484 e. The molecule has 0 radical (unpaired) electrons. The van der Waals surface area contributed by atoms with Gasteiger partial charge in [0.05, 0.1) is 0 Å². The molecule has 28 heavy (non-hydrogen) atoms. The van der Waals surface area contributed by atoms with Gasteiger partial charge in [-0.2, -0.15) is 0 Å². The number of hydrogen-bond acceptors (Lipinski definition) is 4. The molecule has 0 fully saturated rings. The van der Waals surface area contributed by atoms with Crippen LogP contribution in [0, 0.1) is 13.8 Å². The lowest BCUT2D eigenvalue weighted by atomic mass is 10.1. The first-order chi connectivity index (χ1) is 13.6. The van der Waals surface area contributed by atoms with Crippen LogP contribution < -0.4 is 10.1 Å². The van der Waals surface area contributed by atoms with E-state index in [1.807, 2.05) is 80.6 Å². The monoisotopic (exact) mass is 372 g/mol. The molecule has 0 aliphatic heterocycles. The van der Waals surface area contributed by atoms with E-state index >= 15 is 0 Å². The summed E-state index contributed by atoms with van der Waals surface area (Å²) in [6.45, 7) is 3.91. The number of benzene rings is 3. The van der Waals surface area contributed by atoms with Gasteiger partial charge < -0.3 is 14.5 Å². The van der Waals surface area contributed by atoms with Crippen LogP contribution in [0.25, 0.3) is 22.6 Å². The highest BCUT2D eigenvalue weighted by atomic mass is 16.5. The number of nitrogens with one attached hydrogen (secondary N) is 1. The average Bonchev–Trinajstić information content (AvgIpc) is 3.12. The predicted octanol–water partition coefficient (Wildman–Crippen LogP) is 5.13. The van der Waals surface area contributed by atoms with Gasteiger partial charge in [0.15, 0.2) is 12.2 Å². The second-order valence-corrected chi connectivity index (χ2v) is 6.67. The van der Waals surface area contributed by atoms with Crippen molar-refractivity contribution in [2.75, 3.05) is 11.9 Å². The maximum atomic E-state index is 12.2. The SMILES string of the molecule is Cc1ccc2oc(-c3ccc(NC(=O)COc4ccccc4)c(C)c3)nc2c1. The Balaban J connectivity index is 1.47. The summed E-state index contributed by atoms with van der Waals surface area (Å²) in [7, 11) is 0. The number of rotatable bonds is 5. The maximum absolute atomic E-state index is 12.2. The van der Waals surface area contributed by atoms with Crippen molar-refractivity contribution in [2.45, 2.75) is 13.8 Å². The molecule has 1 heterocycles. The van der Waals surface area contributed by atoms with Gasteiger partial charge in [-0.3, -0.25) is 4.79 Å². The Hall–Kier alpha value is -3.60. The van der Waals surface area contributed by atoms with E-state index in [2.05, 4.69) is 10.3 Å². The molecule has 0 saturated heterocycles. The molecule has 0 aliphatic carbocycles. The molecule has 4 rings (SSSR count). The van der Waals surface area contributed by atoms with Gasteiger partial charge in [0.1, 0.15) is 11.3 Å². The van der Waals surface area contributed by atoms with Gasteiger partial charge in [-0.1, -0.05) is 24.3 Å². The standard InChI is InChI=1S/C23H20N2O3/c1-15-8-11-21-20(12-15)25-23(28-21)17-9-10-19(16(2)13-17)24-22(26)14-27-18-6-4-3-5-7-18/h3-13H,14H2,1-2H3,(H,24,26). The lowest BCUT2D eigenvalue weighted by molar-refractivity contribution is -0.118. The fourth-order valence-electron chi connectivity index (χ4n) is 2.95. The van der Waals surface area contributed by atoms with Crippen LogP contribution in [0.3, 0.4) is 0 Å². The Kier molecular flexibility index (Phi) is 4.81. The molecular weight excluding hydrogens is 352 g/mol. The van der Waals surface area contributed by atoms with Crippen molar-refractivity contribution >= 4 is 22.7 Å². The highest BCUT2D eigenvalue weighted by molar-refractivity contribution is 5.93. The van der Waals surface area contributed by atoms with E-state index in [4.69, 9.17) is 9.15 Å². The van der Waals surface area contributed by atoms with Gasteiger partial charge in [-0.05, 0) is 67.4 Å². The van der Waals surface area contributed by atoms with E-state index in [1.54, 1.807) is 0 Å². The van der Waals surface area contributed by atoms with Crippen LogP contribution in [-0.2, 0) is 4.79 Å². The molecule has 3 aromatic carbocycles. The number of amides is 1. The first-order valence-corrected chi connectivity index (χ1v) is 9.04. The zero-order valence-corrected chi connectivity index (χ0v) is 15.7. The van der Waals surface area contributed by atoms with Crippen molar-refractivity contribution in [3.05, 3.63) is 77.9 Å². The Morgan fingerprint density at radius 2 is 1.86 bits per heavy atom. The summed E-state index contributed by atoms with van der Waals surface area (Å²) in [6.07, 6.45) is 0. The zero-order valence-electron chi connectivity index (χ0n) is 15.7. The van der Waals surface area contributed by atoms with E-state index in [0.717, 1.165) is 33.5 Å². The number of hydrogen-bond donors (Lipinski definition) is 1. The number of aromatic nitrogens is 1. The van der Waals surface area contributed by atoms with E-state index in [9.17, 15) is 4.79 Å². The van der Waals surface area contributed by atoms with Crippen molar-refractivity contribution in [3.8, 4) is 17.2 Å². The molecule has 140 valence electrons. The largest absolute Gasteiger partial charge is 0.484 e. The van der Waals surface area contributed by atoms with Crippen molar-refractivity contribution < 1.29 is 13.9 Å². The number of para-hydroxylation sites is 1. The third-order valence-corrected chi connectivity index (χ3v) is 4.40. The lowest BCUT2D eigenvalue weighted by Gasteiger charge is -2.10. The molecule has 0 aliphatic rings. The topological polar surface area (TPSA) is 64.4 Å². The second-order valence-electron chi connectivity index (χ2n) is 6.67. The van der Waals surface area contributed by atoms with E-state index in [1.165, 1.54) is 0 Å². The van der Waals surface area contributed by atoms with Gasteiger partial charge in [-0.25, -0.2) is 4.98 Å². The number of ether oxygens (including phenoxy) is 1. The van der Waals surface area contributed by atoms with E-state index in [0.29, 0.717) is 11.6 Å². The summed E-state index contributed by atoms with van der Waals surface area (Å²) < 4.78 is 11.3. The Morgan fingerprint density at radius 1 is 1.04 bits per heavy atom.